The number of hydrogen-bond donors (Lipinski definition) is 1. The van der Waals surface area contributed by atoms with Gasteiger partial charge in [-0.3, -0.25) is 4.79 Å². The van der Waals surface area contributed by atoms with Crippen molar-refractivity contribution in [3.8, 4) is 0 Å². The summed E-state index contributed by atoms with van der Waals surface area (Å²) in [5.41, 5.74) is 0.985. The van der Waals surface area contributed by atoms with E-state index in [-0.39, 0.29) is 5.91 Å². The number of nitrogens with one attached hydrogen (secondary N) is 1. The summed E-state index contributed by atoms with van der Waals surface area (Å²) in [6, 6.07) is 0. The molecule has 2 heterocycles. The number of thiocarbonyl (C=S) groups is 1. The van der Waals surface area contributed by atoms with Crippen LogP contribution in [0.1, 0.15) is 32.5 Å². The van der Waals surface area contributed by atoms with Gasteiger partial charge in [0.25, 0.3) is 5.91 Å². The fourth-order valence-corrected chi connectivity index (χ4v) is 4.36. The first-order chi connectivity index (χ1) is 12.3. The molecular weight excluding hydrogens is 372 g/mol. The lowest BCUT2D eigenvalue weighted by Gasteiger charge is -2.35. The summed E-state index contributed by atoms with van der Waals surface area (Å²) in [6.45, 7) is 8.51. The summed E-state index contributed by atoms with van der Waals surface area (Å²) >= 11 is 6.77. The maximum absolute atomic E-state index is 12.4. The molecule has 1 fully saturated rings. The Labute approximate surface area is 163 Å². The SMILES string of the molecule is CCN1CCN(C(=S)Nc2sc(C(=O)N(C)C)c(C)c2C(=O)OC)CC1. The molecule has 1 amide bonds. The average Bonchev–Trinajstić information content (AvgIpc) is 2.96. The first-order valence-corrected chi connectivity index (χ1v) is 9.74. The van der Waals surface area contributed by atoms with Crippen LogP contribution in [0.25, 0.3) is 0 Å². The Kier molecular flexibility index (Phi) is 6.96. The molecule has 1 N–H and O–H groups in total. The number of nitrogens with zero attached hydrogens (tertiary/aromatic N) is 3. The van der Waals surface area contributed by atoms with Crippen LogP contribution in [-0.2, 0) is 4.74 Å². The number of carbonyl (C=O) groups is 2. The van der Waals surface area contributed by atoms with Crippen LogP contribution in [-0.4, -0.2) is 85.6 Å². The molecule has 9 heteroatoms. The van der Waals surface area contributed by atoms with Crippen molar-refractivity contribution in [3.63, 3.8) is 0 Å². The van der Waals surface area contributed by atoms with Crippen LogP contribution in [0, 0.1) is 6.92 Å². The molecule has 7 nitrogen and oxygen atoms in total. The standard InChI is InChI=1S/C17H26N4O3S2/c1-6-20-7-9-21(10-8-20)17(25)18-14-12(16(23)24-5)11(2)13(26-14)15(22)19(3)4/h6-10H2,1-5H3,(H,18,25). The van der Waals surface area contributed by atoms with Crippen LogP contribution >= 0.6 is 23.6 Å². The van der Waals surface area contributed by atoms with Gasteiger partial charge in [0.15, 0.2) is 5.11 Å². The number of ether oxygens (including phenoxy) is 1. The minimum Gasteiger partial charge on any atom is -0.465 e. The van der Waals surface area contributed by atoms with Gasteiger partial charge in [-0.05, 0) is 31.2 Å². The molecule has 0 aliphatic carbocycles. The van der Waals surface area contributed by atoms with E-state index in [0.29, 0.717) is 26.1 Å². The topological polar surface area (TPSA) is 65.1 Å². The lowest BCUT2D eigenvalue weighted by Crippen LogP contribution is -2.49. The van der Waals surface area contributed by atoms with Gasteiger partial charge >= 0.3 is 5.97 Å². The predicted octanol–water partition coefficient (Wildman–Crippen LogP) is 1.88. The Morgan fingerprint density at radius 2 is 1.88 bits per heavy atom. The molecular formula is C17H26N4O3S2. The van der Waals surface area contributed by atoms with Crippen molar-refractivity contribution < 1.29 is 14.3 Å². The zero-order valence-corrected chi connectivity index (χ0v) is 17.6. The summed E-state index contributed by atoms with van der Waals surface area (Å²) in [6.07, 6.45) is 0. The quantitative estimate of drug-likeness (QED) is 0.614. The third-order valence-electron chi connectivity index (χ3n) is 4.46. The maximum atomic E-state index is 12.4. The number of methoxy groups -OCH3 is 1. The number of esters is 1. The fraction of sp³-hybridized carbons (Fsp3) is 0.588. The Hall–Kier alpha value is -1.71. The molecule has 0 bridgehead atoms. The monoisotopic (exact) mass is 398 g/mol. The molecule has 26 heavy (non-hydrogen) atoms. The molecule has 1 aliphatic rings. The number of hydrogen-bond acceptors (Lipinski definition) is 6. The molecule has 1 aliphatic heterocycles. The lowest BCUT2D eigenvalue weighted by atomic mass is 10.1. The Morgan fingerprint density at radius 3 is 2.38 bits per heavy atom. The highest BCUT2D eigenvalue weighted by Gasteiger charge is 2.27. The lowest BCUT2D eigenvalue weighted by molar-refractivity contribution is 0.0601. The van der Waals surface area contributed by atoms with E-state index in [9.17, 15) is 9.59 Å². The van der Waals surface area contributed by atoms with Crippen molar-refractivity contribution in [2.75, 3.05) is 59.2 Å². The van der Waals surface area contributed by atoms with Crippen LogP contribution in [0.5, 0.6) is 0 Å². The summed E-state index contributed by atoms with van der Waals surface area (Å²) in [5, 5.41) is 4.29. The van der Waals surface area contributed by atoms with Gasteiger partial charge in [-0.25, -0.2) is 4.79 Å². The number of likely N-dealkylation sites (N-methyl/N-ethyl adjacent to an activating group) is 1. The number of carbonyl (C=O) groups excluding carboxylic acids is 2. The van der Waals surface area contributed by atoms with Crippen LogP contribution in [0.2, 0.25) is 0 Å². The van der Waals surface area contributed by atoms with Crippen molar-refractivity contribution in [3.05, 3.63) is 16.0 Å². The predicted molar refractivity (Wildman–Crippen MR) is 108 cm³/mol. The summed E-state index contributed by atoms with van der Waals surface area (Å²) in [5.74, 6) is -0.620. The largest absolute Gasteiger partial charge is 0.465 e. The van der Waals surface area contributed by atoms with Gasteiger partial charge in [0.2, 0.25) is 0 Å². The van der Waals surface area contributed by atoms with Gasteiger partial charge in [-0.1, -0.05) is 6.92 Å². The second-order valence-electron chi connectivity index (χ2n) is 6.30. The summed E-state index contributed by atoms with van der Waals surface area (Å²) in [4.78, 5) is 31.1. The van der Waals surface area contributed by atoms with Crippen LogP contribution in [0.15, 0.2) is 0 Å². The molecule has 0 spiro atoms. The second-order valence-corrected chi connectivity index (χ2v) is 7.71. The van der Waals surface area contributed by atoms with Gasteiger partial charge in [0.05, 0.1) is 17.6 Å². The second kappa shape index (κ2) is 8.79. The highest BCUT2D eigenvalue weighted by molar-refractivity contribution is 7.80. The van der Waals surface area contributed by atoms with Gasteiger partial charge in [0, 0.05) is 40.3 Å². The van der Waals surface area contributed by atoms with Crippen molar-refractivity contribution >= 4 is 45.5 Å². The third-order valence-corrected chi connectivity index (χ3v) is 6.02. The van der Waals surface area contributed by atoms with Gasteiger partial charge < -0.3 is 24.8 Å². The van der Waals surface area contributed by atoms with Crippen molar-refractivity contribution in [1.29, 1.82) is 0 Å². The van der Waals surface area contributed by atoms with Crippen molar-refractivity contribution in [2.45, 2.75) is 13.8 Å². The van der Waals surface area contributed by atoms with E-state index in [2.05, 4.69) is 22.0 Å². The Morgan fingerprint density at radius 1 is 1.27 bits per heavy atom. The van der Waals surface area contributed by atoms with E-state index >= 15 is 0 Å². The molecule has 0 saturated carbocycles. The zero-order chi connectivity index (χ0) is 19.4. The number of amides is 1. The van der Waals surface area contributed by atoms with Crippen LogP contribution in [0.3, 0.4) is 0 Å². The molecule has 0 aromatic carbocycles. The van der Waals surface area contributed by atoms with E-state index < -0.39 is 5.97 Å². The minimum absolute atomic E-state index is 0.145. The molecule has 144 valence electrons. The molecule has 1 aromatic heterocycles. The summed E-state index contributed by atoms with van der Waals surface area (Å²) < 4.78 is 4.91. The van der Waals surface area contributed by atoms with Crippen molar-refractivity contribution in [2.24, 2.45) is 0 Å². The molecule has 0 unspecified atom stereocenters. The van der Waals surface area contributed by atoms with E-state index in [0.717, 1.165) is 32.7 Å². The minimum atomic E-state index is -0.474. The highest BCUT2D eigenvalue weighted by Crippen LogP contribution is 2.34. The average molecular weight is 399 g/mol. The fourth-order valence-electron chi connectivity index (χ4n) is 2.80. The molecule has 0 atom stereocenters. The zero-order valence-electron chi connectivity index (χ0n) is 15.9. The number of thiophene rings is 1. The first-order valence-electron chi connectivity index (χ1n) is 8.51. The number of anilines is 1. The molecule has 1 aromatic rings. The summed E-state index contributed by atoms with van der Waals surface area (Å²) in [7, 11) is 4.70. The Balaban J connectivity index is 2.24. The smallest absolute Gasteiger partial charge is 0.341 e. The van der Waals surface area contributed by atoms with Crippen molar-refractivity contribution in [1.82, 2.24) is 14.7 Å². The van der Waals surface area contributed by atoms with Gasteiger partial charge in [-0.2, -0.15) is 0 Å². The van der Waals surface area contributed by atoms with Crippen LogP contribution < -0.4 is 5.32 Å². The Bertz CT molecular complexity index is 694. The van der Waals surface area contributed by atoms with Crippen LogP contribution in [0.4, 0.5) is 5.00 Å². The van der Waals surface area contributed by atoms with E-state index in [1.807, 2.05) is 0 Å². The van der Waals surface area contributed by atoms with E-state index in [4.69, 9.17) is 17.0 Å². The highest BCUT2D eigenvalue weighted by atomic mass is 32.1. The normalized spacial score (nSPS) is 14.9. The van der Waals surface area contributed by atoms with E-state index in [1.165, 1.54) is 23.3 Å². The molecule has 0 radical (unpaired) electrons. The third kappa shape index (κ3) is 4.33. The van der Waals surface area contributed by atoms with Gasteiger partial charge in [0.1, 0.15) is 5.00 Å². The maximum Gasteiger partial charge on any atom is 0.341 e. The molecule has 1 saturated heterocycles. The van der Waals surface area contributed by atoms with Gasteiger partial charge in [-0.15, -0.1) is 11.3 Å². The first kappa shape index (κ1) is 20.6. The van der Waals surface area contributed by atoms with E-state index in [1.54, 1.807) is 21.0 Å². The molecule has 2 rings (SSSR count). The number of piperazine rings is 1. The number of rotatable bonds is 4.